The Kier molecular flexibility index (Phi) is 6.82. The highest BCUT2D eigenvalue weighted by atomic mass is 19.4. The van der Waals surface area contributed by atoms with Gasteiger partial charge in [-0.15, -0.1) is 0 Å². The van der Waals surface area contributed by atoms with E-state index in [1.54, 1.807) is 0 Å². The number of rotatable bonds is 6. The Hall–Kier alpha value is -2.58. The lowest BCUT2D eigenvalue weighted by atomic mass is 9.65. The molecule has 1 saturated heterocycles. The summed E-state index contributed by atoms with van der Waals surface area (Å²) in [6.07, 6.45) is -0.609. The number of carbonyl (C=O) groups excluding carboxylic acids is 3. The van der Waals surface area contributed by atoms with Crippen LogP contribution in [0.25, 0.3) is 0 Å². The quantitative estimate of drug-likeness (QED) is 0.623. The van der Waals surface area contributed by atoms with E-state index in [0.717, 1.165) is 36.3 Å². The maximum absolute atomic E-state index is 13.1. The molecule has 1 N–H and O–H groups in total. The number of amides is 4. The molecule has 9 heteroatoms. The number of benzene rings is 1. The minimum atomic E-state index is -4.43. The van der Waals surface area contributed by atoms with Crippen LogP contribution in [0.2, 0.25) is 0 Å². The minimum absolute atomic E-state index is 0.0690. The summed E-state index contributed by atoms with van der Waals surface area (Å²) in [5, 5.41) is 2.83. The second-order valence-electron chi connectivity index (χ2n) is 9.96. The van der Waals surface area contributed by atoms with E-state index >= 15 is 0 Å². The van der Waals surface area contributed by atoms with E-state index < -0.39 is 35.8 Å². The van der Waals surface area contributed by atoms with Crippen molar-refractivity contribution in [3.8, 4) is 0 Å². The van der Waals surface area contributed by atoms with Gasteiger partial charge >= 0.3 is 12.2 Å². The van der Waals surface area contributed by atoms with Crippen LogP contribution in [-0.2, 0) is 22.3 Å². The highest BCUT2D eigenvalue weighted by Gasteiger charge is 2.53. The second kappa shape index (κ2) is 8.99. The van der Waals surface area contributed by atoms with Gasteiger partial charge in [0.15, 0.2) is 0 Å². The SMILES string of the molecule is CCC(C)(C)C1CCC2(CC1)NC(=O)N(CC(=O)N(C)Cc1ccc(C(F)(F)F)cc1)C2=O. The van der Waals surface area contributed by atoms with Gasteiger partial charge in [0, 0.05) is 13.6 Å². The van der Waals surface area contributed by atoms with Crippen LogP contribution in [0.5, 0.6) is 0 Å². The summed E-state index contributed by atoms with van der Waals surface area (Å²) in [6.45, 7) is 6.28. The van der Waals surface area contributed by atoms with Gasteiger partial charge in [-0.25, -0.2) is 4.79 Å². The van der Waals surface area contributed by atoms with Crippen molar-refractivity contribution in [2.45, 2.75) is 71.1 Å². The van der Waals surface area contributed by atoms with Gasteiger partial charge in [-0.05, 0) is 54.7 Å². The number of likely N-dealkylation sites (N-methyl/N-ethyl adjacent to an activating group) is 1. The number of hydrogen-bond donors (Lipinski definition) is 1. The number of hydrogen-bond acceptors (Lipinski definition) is 3. The van der Waals surface area contributed by atoms with Crippen molar-refractivity contribution in [1.82, 2.24) is 15.1 Å². The van der Waals surface area contributed by atoms with Crippen LogP contribution in [0.3, 0.4) is 0 Å². The van der Waals surface area contributed by atoms with Crippen LogP contribution in [0, 0.1) is 11.3 Å². The summed E-state index contributed by atoms with van der Waals surface area (Å²) in [5.74, 6) is -0.351. The molecule has 33 heavy (non-hydrogen) atoms. The fourth-order valence-corrected chi connectivity index (χ4v) is 4.76. The summed E-state index contributed by atoms with van der Waals surface area (Å²) in [4.78, 5) is 40.6. The van der Waals surface area contributed by atoms with Gasteiger partial charge in [0.25, 0.3) is 5.91 Å². The predicted molar refractivity (Wildman–Crippen MR) is 117 cm³/mol. The van der Waals surface area contributed by atoms with Crippen molar-refractivity contribution in [2.75, 3.05) is 13.6 Å². The molecule has 1 aromatic rings. The Labute approximate surface area is 192 Å². The van der Waals surface area contributed by atoms with Gasteiger partial charge in [0.2, 0.25) is 5.91 Å². The molecule has 0 aromatic heterocycles. The fourth-order valence-electron chi connectivity index (χ4n) is 4.76. The van der Waals surface area contributed by atoms with Gasteiger partial charge in [-0.3, -0.25) is 14.5 Å². The molecule has 0 atom stereocenters. The second-order valence-corrected chi connectivity index (χ2v) is 9.96. The van der Waals surface area contributed by atoms with Crippen LogP contribution < -0.4 is 5.32 Å². The van der Waals surface area contributed by atoms with Crippen molar-refractivity contribution in [3.63, 3.8) is 0 Å². The van der Waals surface area contributed by atoms with Crippen LogP contribution in [-0.4, -0.2) is 46.8 Å². The van der Waals surface area contributed by atoms with Crippen molar-refractivity contribution in [1.29, 1.82) is 0 Å². The highest BCUT2D eigenvalue weighted by molar-refractivity contribution is 6.09. The van der Waals surface area contributed by atoms with Crippen molar-refractivity contribution < 1.29 is 27.6 Å². The average Bonchev–Trinajstić information content (AvgIpc) is 2.97. The maximum atomic E-state index is 13.1. The molecule has 182 valence electrons. The van der Waals surface area contributed by atoms with Crippen molar-refractivity contribution >= 4 is 17.8 Å². The number of alkyl halides is 3. The lowest BCUT2D eigenvalue weighted by molar-refractivity contribution is -0.139. The monoisotopic (exact) mass is 467 g/mol. The Morgan fingerprint density at radius 3 is 2.24 bits per heavy atom. The standard InChI is InChI=1S/C24H32F3N3O3/c1-5-22(2,3)17-10-12-23(13-11-17)20(32)30(21(33)28-23)15-19(31)29(4)14-16-6-8-18(9-7-16)24(25,26)27/h6-9,17H,5,10-15H2,1-4H3,(H,28,33). The molecule has 3 rings (SSSR count). The number of urea groups is 1. The zero-order chi connectivity index (χ0) is 24.6. The first kappa shape index (κ1) is 25.1. The number of halogens is 3. The molecule has 1 aromatic carbocycles. The molecular weight excluding hydrogens is 435 g/mol. The third-order valence-corrected chi connectivity index (χ3v) is 7.52. The zero-order valence-corrected chi connectivity index (χ0v) is 19.6. The van der Waals surface area contributed by atoms with E-state index in [1.165, 1.54) is 24.1 Å². The third kappa shape index (κ3) is 5.17. The summed E-state index contributed by atoms with van der Waals surface area (Å²) in [5.41, 5.74) is -1.01. The normalized spacial score (nSPS) is 23.7. The van der Waals surface area contributed by atoms with E-state index in [1.807, 2.05) is 0 Å². The number of carbonyl (C=O) groups is 3. The molecule has 2 fully saturated rings. The van der Waals surface area contributed by atoms with E-state index in [0.29, 0.717) is 24.3 Å². The number of imide groups is 1. The van der Waals surface area contributed by atoms with Crippen molar-refractivity contribution in [3.05, 3.63) is 35.4 Å². The largest absolute Gasteiger partial charge is 0.416 e. The van der Waals surface area contributed by atoms with Gasteiger partial charge in [-0.1, -0.05) is 39.3 Å². The molecule has 1 aliphatic heterocycles. The molecular formula is C24H32F3N3O3. The molecule has 1 saturated carbocycles. The zero-order valence-electron chi connectivity index (χ0n) is 19.6. The van der Waals surface area contributed by atoms with Gasteiger partial charge in [0.05, 0.1) is 5.56 Å². The highest BCUT2D eigenvalue weighted by Crippen LogP contribution is 2.45. The van der Waals surface area contributed by atoms with Crippen LogP contribution >= 0.6 is 0 Å². The summed E-state index contributed by atoms with van der Waals surface area (Å²) in [7, 11) is 1.49. The molecule has 1 spiro atoms. The van der Waals surface area contributed by atoms with Crippen molar-refractivity contribution in [2.24, 2.45) is 11.3 Å². The Morgan fingerprint density at radius 2 is 1.73 bits per heavy atom. The third-order valence-electron chi connectivity index (χ3n) is 7.52. The van der Waals surface area contributed by atoms with Gasteiger partial charge in [-0.2, -0.15) is 13.2 Å². The molecule has 1 heterocycles. The molecule has 0 unspecified atom stereocenters. The first-order valence-corrected chi connectivity index (χ1v) is 11.3. The Bertz CT molecular complexity index is 904. The Morgan fingerprint density at radius 1 is 1.15 bits per heavy atom. The first-order valence-electron chi connectivity index (χ1n) is 11.3. The molecule has 1 aliphatic carbocycles. The first-order chi connectivity index (χ1) is 15.3. The lowest BCUT2D eigenvalue weighted by Gasteiger charge is -2.42. The molecule has 0 bridgehead atoms. The van der Waals surface area contributed by atoms with Crippen LogP contribution in [0.1, 0.15) is 64.0 Å². The molecule has 2 aliphatic rings. The van der Waals surface area contributed by atoms with E-state index in [4.69, 9.17) is 0 Å². The smallest absolute Gasteiger partial charge is 0.340 e. The number of nitrogens with zero attached hydrogens (tertiary/aromatic N) is 2. The minimum Gasteiger partial charge on any atom is -0.340 e. The lowest BCUT2D eigenvalue weighted by Crippen LogP contribution is -2.51. The van der Waals surface area contributed by atoms with Crippen LogP contribution in [0.15, 0.2) is 24.3 Å². The molecule has 4 amide bonds. The summed E-state index contributed by atoms with van der Waals surface area (Å²) < 4.78 is 38.2. The fraction of sp³-hybridized carbons (Fsp3) is 0.625. The average molecular weight is 468 g/mol. The van der Waals surface area contributed by atoms with E-state index in [9.17, 15) is 27.6 Å². The molecule has 0 radical (unpaired) electrons. The topological polar surface area (TPSA) is 69.7 Å². The van der Waals surface area contributed by atoms with E-state index in [2.05, 4.69) is 26.1 Å². The van der Waals surface area contributed by atoms with Gasteiger partial charge < -0.3 is 10.2 Å². The number of nitrogens with one attached hydrogen (secondary N) is 1. The summed E-state index contributed by atoms with van der Waals surface area (Å²) >= 11 is 0. The predicted octanol–water partition coefficient (Wildman–Crippen LogP) is 4.58. The van der Waals surface area contributed by atoms with E-state index in [-0.39, 0.29) is 17.9 Å². The molecule has 6 nitrogen and oxygen atoms in total. The summed E-state index contributed by atoms with van der Waals surface area (Å²) in [6, 6.07) is 3.98. The van der Waals surface area contributed by atoms with Crippen LogP contribution in [0.4, 0.5) is 18.0 Å². The Balaban J connectivity index is 1.60. The maximum Gasteiger partial charge on any atom is 0.416 e. The van der Waals surface area contributed by atoms with Gasteiger partial charge in [0.1, 0.15) is 12.1 Å².